The average molecular weight is 276 g/mol. The Hall–Kier alpha value is -0.580. The third-order valence-electron chi connectivity index (χ3n) is 3.49. The van der Waals surface area contributed by atoms with Crippen LogP contribution in [0.3, 0.4) is 0 Å². The Bertz CT molecular complexity index is 291. The minimum absolute atomic E-state index is 0.0735. The predicted octanol–water partition coefficient (Wildman–Crippen LogP) is 0.0891. The second-order valence-corrected chi connectivity index (χ2v) is 4.88. The minimum Gasteiger partial charge on any atom is -0.550 e. The molecule has 5 heteroatoms. The van der Waals surface area contributed by atoms with Crippen LogP contribution in [0.4, 0.5) is 0 Å². The summed E-state index contributed by atoms with van der Waals surface area (Å²) in [6, 6.07) is 0. The van der Waals surface area contributed by atoms with E-state index in [1.807, 2.05) is 0 Å². The van der Waals surface area contributed by atoms with Crippen LogP contribution in [0.15, 0.2) is 0 Å². The first-order valence-electron chi connectivity index (χ1n) is 5.08. The number of fused-ring (bicyclic) bond motifs is 2. The highest BCUT2D eigenvalue weighted by molar-refractivity contribution is 9.09. The van der Waals surface area contributed by atoms with Crippen molar-refractivity contribution in [2.24, 2.45) is 17.8 Å². The first kappa shape index (κ1) is 10.9. The molecule has 0 heterocycles. The van der Waals surface area contributed by atoms with Crippen molar-refractivity contribution >= 4 is 27.9 Å². The molecule has 2 bridgehead atoms. The maximum atomic E-state index is 11.1. The lowest BCUT2D eigenvalue weighted by molar-refractivity contribution is -0.313. The van der Waals surface area contributed by atoms with Crippen molar-refractivity contribution in [1.29, 1.82) is 0 Å². The normalized spacial score (nSPS) is 37.9. The molecule has 4 atom stereocenters. The molecule has 0 aromatic rings. The number of hydrogen-bond acceptors (Lipinski definition) is 4. The lowest BCUT2D eigenvalue weighted by Gasteiger charge is -2.28. The van der Waals surface area contributed by atoms with E-state index < -0.39 is 5.97 Å². The van der Waals surface area contributed by atoms with E-state index in [2.05, 4.69) is 15.9 Å². The number of carboxylic acid groups (broad SMARTS) is 1. The number of carbonyl (C=O) groups is 2. The van der Waals surface area contributed by atoms with E-state index in [-0.39, 0.29) is 35.2 Å². The summed E-state index contributed by atoms with van der Waals surface area (Å²) in [6.07, 6.45) is 2.07. The summed E-state index contributed by atoms with van der Waals surface area (Å²) >= 11 is 3.03. The van der Waals surface area contributed by atoms with Gasteiger partial charge in [0.2, 0.25) is 0 Å². The van der Waals surface area contributed by atoms with Gasteiger partial charge in [-0.25, -0.2) is 0 Å². The van der Waals surface area contributed by atoms with E-state index in [4.69, 9.17) is 4.74 Å². The van der Waals surface area contributed by atoms with Gasteiger partial charge in [0.15, 0.2) is 0 Å². The minimum atomic E-state index is -0.951. The molecule has 0 amide bonds. The monoisotopic (exact) mass is 275 g/mol. The lowest BCUT2D eigenvalue weighted by Crippen LogP contribution is -2.37. The molecule has 0 spiro atoms. The first-order valence-corrected chi connectivity index (χ1v) is 6.20. The first-order chi connectivity index (χ1) is 7.11. The summed E-state index contributed by atoms with van der Waals surface area (Å²) in [6.45, 7) is 0. The fourth-order valence-electron chi connectivity index (χ4n) is 2.86. The van der Waals surface area contributed by atoms with Gasteiger partial charge in [-0.3, -0.25) is 4.79 Å². The molecule has 2 aliphatic rings. The fourth-order valence-corrected chi connectivity index (χ4v) is 2.99. The summed E-state index contributed by atoms with van der Waals surface area (Å²) < 4.78 is 5.22. The van der Waals surface area contributed by atoms with Crippen LogP contribution in [0, 0.1) is 17.8 Å². The van der Waals surface area contributed by atoms with Gasteiger partial charge in [-0.2, -0.15) is 0 Å². The lowest BCUT2D eigenvalue weighted by atomic mass is 9.87. The van der Waals surface area contributed by atoms with E-state index in [9.17, 15) is 14.7 Å². The van der Waals surface area contributed by atoms with Crippen molar-refractivity contribution in [3.63, 3.8) is 0 Å². The van der Waals surface area contributed by atoms with E-state index in [1.165, 1.54) is 0 Å². The molecule has 4 nitrogen and oxygen atoms in total. The van der Waals surface area contributed by atoms with E-state index in [0.29, 0.717) is 12.8 Å². The van der Waals surface area contributed by atoms with Gasteiger partial charge >= 0.3 is 5.97 Å². The average Bonchev–Trinajstić information content (AvgIpc) is 2.76. The zero-order valence-corrected chi connectivity index (χ0v) is 9.73. The predicted molar refractivity (Wildman–Crippen MR) is 53.0 cm³/mol. The van der Waals surface area contributed by atoms with Crippen LogP contribution < -0.4 is 5.11 Å². The molecular formula is C10H12BrO4-. The number of esters is 1. The third-order valence-corrected chi connectivity index (χ3v) is 3.94. The topological polar surface area (TPSA) is 66.4 Å². The largest absolute Gasteiger partial charge is 0.550 e. The quantitative estimate of drug-likeness (QED) is 0.541. The molecule has 4 unspecified atom stereocenters. The van der Waals surface area contributed by atoms with Gasteiger partial charge in [-0.15, -0.1) is 0 Å². The highest BCUT2D eigenvalue weighted by Crippen LogP contribution is 2.49. The second kappa shape index (κ2) is 4.12. The van der Waals surface area contributed by atoms with Crippen LogP contribution >= 0.6 is 15.9 Å². The van der Waals surface area contributed by atoms with Gasteiger partial charge < -0.3 is 14.6 Å². The molecule has 0 radical (unpaired) electrons. The molecule has 0 aliphatic heterocycles. The molecule has 15 heavy (non-hydrogen) atoms. The highest BCUT2D eigenvalue weighted by atomic mass is 79.9. The molecular weight excluding hydrogens is 264 g/mol. The Morgan fingerprint density at radius 1 is 1.27 bits per heavy atom. The van der Waals surface area contributed by atoms with E-state index in [1.54, 1.807) is 0 Å². The molecule has 0 N–H and O–H groups in total. The maximum absolute atomic E-state index is 11.1. The summed E-state index contributed by atoms with van der Waals surface area (Å²) in [7, 11) is 0. The molecule has 84 valence electrons. The van der Waals surface area contributed by atoms with Gasteiger partial charge in [0.05, 0.1) is 0 Å². The van der Waals surface area contributed by atoms with Crippen molar-refractivity contribution in [1.82, 2.24) is 0 Å². The molecule has 0 saturated heterocycles. The summed E-state index contributed by atoms with van der Waals surface area (Å²) in [4.78, 5) is 21.8. The molecule has 2 rings (SSSR count). The van der Waals surface area contributed by atoms with Crippen LogP contribution in [0.1, 0.15) is 19.3 Å². The smallest absolute Gasteiger partial charge is 0.316 e. The van der Waals surface area contributed by atoms with Crippen molar-refractivity contribution in [3.8, 4) is 0 Å². The van der Waals surface area contributed by atoms with E-state index >= 15 is 0 Å². The maximum Gasteiger partial charge on any atom is 0.316 e. The molecule has 0 aromatic carbocycles. The molecule has 2 aliphatic carbocycles. The van der Waals surface area contributed by atoms with Gasteiger partial charge in [-0.1, -0.05) is 15.9 Å². The van der Waals surface area contributed by atoms with Gasteiger partial charge in [0.25, 0.3) is 0 Å². The highest BCUT2D eigenvalue weighted by Gasteiger charge is 2.47. The van der Waals surface area contributed by atoms with Crippen LogP contribution in [0.25, 0.3) is 0 Å². The van der Waals surface area contributed by atoms with Crippen LogP contribution in [-0.2, 0) is 14.3 Å². The van der Waals surface area contributed by atoms with Crippen LogP contribution in [-0.4, -0.2) is 23.4 Å². The number of aliphatic carboxylic acids is 1. The van der Waals surface area contributed by atoms with E-state index in [0.717, 1.165) is 6.42 Å². The summed E-state index contributed by atoms with van der Waals surface area (Å²) in [5.74, 6) is -1.17. The zero-order valence-electron chi connectivity index (χ0n) is 8.15. The van der Waals surface area contributed by atoms with Crippen LogP contribution in [0.2, 0.25) is 0 Å². The Labute approximate surface area is 96.1 Å². The second-order valence-electron chi connectivity index (χ2n) is 4.31. The zero-order chi connectivity index (χ0) is 11.0. The number of ether oxygens (including phenoxy) is 1. The van der Waals surface area contributed by atoms with Crippen LogP contribution in [0.5, 0.6) is 0 Å². The van der Waals surface area contributed by atoms with Gasteiger partial charge in [-0.05, 0) is 31.1 Å². The summed E-state index contributed by atoms with van der Waals surface area (Å²) in [5.41, 5.74) is 0. The number of alkyl halides is 1. The number of carboxylic acids is 1. The standard InChI is InChI=1S/C10H13BrO4/c11-4-9(12)15-8-3-5-1-6(8)2-7(5)10(13)14/h5-8H,1-4H2,(H,13,14)/p-1. The molecule has 2 saturated carbocycles. The SMILES string of the molecule is O=C(CBr)OC1CC2CC1CC2C(=O)[O-]. The van der Waals surface area contributed by atoms with Crippen molar-refractivity contribution < 1.29 is 19.4 Å². The number of carbonyl (C=O) groups excluding carboxylic acids is 2. The van der Waals surface area contributed by atoms with Crippen molar-refractivity contribution in [2.45, 2.75) is 25.4 Å². The van der Waals surface area contributed by atoms with Crippen molar-refractivity contribution in [3.05, 3.63) is 0 Å². The van der Waals surface area contributed by atoms with Gasteiger partial charge in [0, 0.05) is 11.9 Å². The Balaban J connectivity index is 1.91. The third kappa shape index (κ3) is 2.02. The Morgan fingerprint density at radius 2 is 2.00 bits per heavy atom. The van der Waals surface area contributed by atoms with Gasteiger partial charge in [0.1, 0.15) is 11.4 Å². The Kier molecular flexibility index (Phi) is 3.00. The molecule has 0 aromatic heterocycles. The Morgan fingerprint density at radius 3 is 2.47 bits per heavy atom. The number of halogens is 1. The fraction of sp³-hybridized carbons (Fsp3) is 0.800. The van der Waals surface area contributed by atoms with Crippen molar-refractivity contribution in [2.75, 3.05) is 5.33 Å². The summed E-state index contributed by atoms with van der Waals surface area (Å²) in [5, 5.41) is 10.9. The number of hydrogen-bond donors (Lipinski definition) is 0. The number of rotatable bonds is 3. The molecule has 2 fully saturated rings.